The van der Waals surface area contributed by atoms with Gasteiger partial charge in [0.1, 0.15) is 22.5 Å². The van der Waals surface area contributed by atoms with Crippen LogP contribution in [-0.2, 0) is 0 Å². The van der Waals surface area contributed by atoms with Gasteiger partial charge in [0.2, 0.25) is 0 Å². The first-order valence-electron chi connectivity index (χ1n) is 3.46. The van der Waals surface area contributed by atoms with Crippen molar-refractivity contribution in [2.24, 2.45) is 0 Å². The summed E-state index contributed by atoms with van der Waals surface area (Å²) in [5, 5.41) is 8.95. The number of hydrogen-bond donors (Lipinski definition) is 0. The molecule has 1 rings (SSSR count). The van der Waals surface area contributed by atoms with Crippen molar-refractivity contribution in [1.29, 1.82) is 5.26 Å². The molecule has 0 aliphatic heterocycles. The van der Waals surface area contributed by atoms with Crippen LogP contribution in [-0.4, -0.2) is 11.6 Å². The van der Waals surface area contributed by atoms with Crippen LogP contribution in [0.3, 0.4) is 0 Å². The second kappa shape index (κ2) is 3.93. The van der Waals surface area contributed by atoms with Crippen molar-refractivity contribution in [2.75, 3.05) is 6.61 Å². The van der Waals surface area contributed by atoms with Crippen LogP contribution in [0.1, 0.15) is 12.5 Å². The van der Waals surface area contributed by atoms with Gasteiger partial charge in [0, 0.05) is 6.07 Å². The molecule has 4 heteroatoms. The Morgan fingerprint density at radius 1 is 1.75 bits per heavy atom. The summed E-state index contributed by atoms with van der Waals surface area (Å²) in [4.78, 5) is 3.76. The number of hydrogen-bond acceptors (Lipinski definition) is 3. The van der Waals surface area contributed by atoms with E-state index in [-0.39, 0.29) is 0 Å². The van der Waals surface area contributed by atoms with Crippen LogP contribution in [0.15, 0.2) is 12.3 Å². The van der Waals surface area contributed by atoms with E-state index in [0.717, 1.165) is 0 Å². The van der Waals surface area contributed by atoms with E-state index in [9.17, 15) is 0 Å². The summed E-state index contributed by atoms with van der Waals surface area (Å²) in [5.41, 5.74) is 0.404. The van der Waals surface area contributed by atoms with E-state index in [2.05, 4.69) is 4.98 Å². The fraction of sp³-hybridized carbons (Fsp3) is 0.250. The largest absolute Gasteiger partial charge is 0.492 e. The van der Waals surface area contributed by atoms with Crippen LogP contribution in [0.25, 0.3) is 0 Å². The van der Waals surface area contributed by atoms with Crippen molar-refractivity contribution in [3.05, 3.63) is 23.0 Å². The molecule has 12 heavy (non-hydrogen) atoms. The first-order valence-corrected chi connectivity index (χ1v) is 3.84. The van der Waals surface area contributed by atoms with Gasteiger partial charge in [-0.3, -0.25) is 0 Å². The van der Waals surface area contributed by atoms with Crippen LogP contribution in [0.4, 0.5) is 0 Å². The number of nitrogens with zero attached hydrogens (tertiary/aromatic N) is 2. The molecule has 0 radical (unpaired) electrons. The molecule has 0 saturated heterocycles. The molecule has 0 bridgehead atoms. The van der Waals surface area contributed by atoms with Gasteiger partial charge in [0.15, 0.2) is 0 Å². The van der Waals surface area contributed by atoms with Gasteiger partial charge in [0.05, 0.1) is 12.8 Å². The van der Waals surface area contributed by atoms with Gasteiger partial charge < -0.3 is 4.74 Å². The minimum Gasteiger partial charge on any atom is -0.492 e. The molecule has 62 valence electrons. The average molecular weight is 183 g/mol. The molecular formula is C8H7ClN2O. The molecule has 0 fully saturated rings. The zero-order chi connectivity index (χ0) is 8.97. The van der Waals surface area contributed by atoms with Gasteiger partial charge in [-0.1, -0.05) is 11.6 Å². The van der Waals surface area contributed by atoms with E-state index < -0.39 is 0 Å². The van der Waals surface area contributed by atoms with E-state index in [1.54, 1.807) is 0 Å². The quantitative estimate of drug-likeness (QED) is 0.658. The predicted octanol–water partition coefficient (Wildman–Crippen LogP) is 2.01. The molecule has 0 aliphatic carbocycles. The molecule has 3 nitrogen and oxygen atoms in total. The minimum atomic E-state index is 0.331. The number of rotatable bonds is 2. The normalized spacial score (nSPS) is 9.08. The molecule has 1 heterocycles. The van der Waals surface area contributed by atoms with Gasteiger partial charge in [-0.25, -0.2) is 4.98 Å². The fourth-order valence-electron chi connectivity index (χ4n) is 0.772. The third kappa shape index (κ3) is 1.86. The Morgan fingerprint density at radius 3 is 3.08 bits per heavy atom. The molecular weight excluding hydrogens is 176 g/mol. The summed E-state index contributed by atoms with van der Waals surface area (Å²) in [6.45, 7) is 2.35. The van der Waals surface area contributed by atoms with Crippen LogP contribution in [0.2, 0.25) is 5.15 Å². The summed E-state index contributed by atoms with van der Waals surface area (Å²) in [6, 6.07) is 3.49. The Labute approximate surface area is 75.6 Å². The first kappa shape index (κ1) is 8.82. The molecule has 1 aromatic heterocycles. The monoisotopic (exact) mass is 182 g/mol. The van der Waals surface area contributed by atoms with E-state index in [4.69, 9.17) is 21.6 Å². The number of pyridine rings is 1. The smallest absolute Gasteiger partial charge is 0.141 e. The maximum atomic E-state index is 8.62. The second-order valence-corrected chi connectivity index (χ2v) is 2.44. The zero-order valence-electron chi connectivity index (χ0n) is 6.54. The lowest BCUT2D eigenvalue weighted by Gasteiger charge is -2.03. The van der Waals surface area contributed by atoms with Crippen LogP contribution in [0, 0.1) is 11.3 Å². The minimum absolute atomic E-state index is 0.331. The molecule has 0 atom stereocenters. The highest BCUT2D eigenvalue weighted by molar-refractivity contribution is 6.29. The molecule has 0 unspecified atom stereocenters. The predicted molar refractivity (Wildman–Crippen MR) is 45.1 cm³/mol. The lowest BCUT2D eigenvalue weighted by atomic mass is 10.3. The summed E-state index contributed by atoms with van der Waals surface area (Å²) in [6.07, 6.45) is 1.40. The summed E-state index contributed by atoms with van der Waals surface area (Å²) in [5.74, 6) is 0.486. The number of aromatic nitrogens is 1. The van der Waals surface area contributed by atoms with Crippen LogP contribution in [0.5, 0.6) is 5.75 Å². The van der Waals surface area contributed by atoms with Crippen molar-refractivity contribution in [3.63, 3.8) is 0 Å². The summed E-state index contributed by atoms with van der Waals surface area (Å²) < 4.78 is 5.16. The van der Waals surface area contributed by atoms with Gasteiger partial charge in [0.25, 0.3) is 0 Å². The molecule has 0 saturated carbocycles. The fourth-order valence-corrected chi connectivity index (χ4v) is 0.920. The summed E-state index contributed by atoms with van der Waals surface area (Å²) in [7, 11) is 0. The maximum absolute atomic E-state index is 8.62. The number of ether oxygens (including phenoxy) is 1. The van der Waals surface area contributed by atoms with Crippen molar-refractivity contribution >= 4 is 11.6 Å². The molecule has 0 aliphatic rings. The lowest BCUT2D eigenvalue weighted by Crippen LogP contribution is -1.95. The van der Waals surface area contributed by atoms with E-state index >= 15 is 0 Å². The van der Waals surface area contributed by atoms with Gasteiger partial charge in [-0.15, -0.1) is 0 Å². The molecule has 0 N–H and O–H groups in total. The highest BCUT2D eigenvalue weighted by atomic mass is 35.5. The third-order valence-corrected chi connectivity index (χ3v) is 1.46. The Bertz CT molecular complexity index is 319. The Balaban J connectivity index is 3.06. The second-order valence-electron chi connectivity index (χ2n) is 2.05. The van der Waals surface area contributed by atoms with Crippen molar-refractivity contribution in [2.45, 2.75) is 6.92 Å². The maximum Gasteiger partial charge on any atom is 0.141 e. The molecule has 0 spiro atoms. The van der Waals surface area contributed by atoms with Crippen molar-refractivity contribution in [1.82, 2.24) is 4.98 Å². The Hall–Kier alpha value is -1.27. The highest BCUT2D eigenvalue weighted by Crippen LogP contribution is 2.19. The number of halogens is 1. The average Bonchev–Trinajstić information content (AvgIpc) is 2.05. The van der Waals surface area contributed by atoms with E-state index in [1.165, 1.54) is 12.3 Å². The van der Waals surface area contributed by atoms with E-state index in [0.29, 0.717) is 23.1 Å². The number of nitriles is 1. The molecule has 0 amide bonds. The van der Waals surface area contributed by atoms with Crippen molar-refractivity contribution < 1.29 is 4.74 Å². The Kier molecular flexibility index (Phi) is 2.89. The Morgan fingerprint density at radius 2 is 2.50 bits per heavy atom. The summed E-state index contributed by atoms with van der Waals surface area (Å²) >= 11 is 5.61. The molecule has 1 aromatic rings. The topological polar surface area (TPSA) is 45.9 Å². The standard InChI is InChI=1S/C8H7ClN2O/c1-2-12-7-3-8(9)11-5-6(7)4-10/h3,5H,2H2,1H3. The van der Waals surface area contributed by atoms with Crippen LogP contribution < -0.4 is 4.74 Å². The van der Waals surface area contributed by atoms with Crippen molar-refractivity contribution in [3.8, 4) is 11.8 Å². The van der Waals surface area contributed by atoms with Crippen LogP contribution >= 0.6 is 11.6 Å². The van der Waals surface area contributed by atoms with Gasteiger partial charge in [-0.05, 0) is 6.92 Å². The van der Waals surface area contributed by atoms with Gasteiger partial charge >= 0.3 is 0 Å². The highest BCUT2D eigenvalue weighted by Gasteiger charge is 2.03. The molecule has 0 aromatic carbocycles. The zero-order valence-corrected chi connectivity index (χ0v) is 7.30. The lowest BCUT2D eigenvalue weighted by molar-refractivity contribution is 0.339. The third-order valence-electron chi connectivity index (χ3n) is 1.25. The van der Waals surface area contributed by atoms with E-state index in [1.807, 2.05) is 13.0 Å². The SMILES string of the molecule is CCOc1cc(Cl)ncc1C#N. The first-order chi connectivity index (χ1) is 5.77. The van der Waals surface area contributed by atoms with Gasteiger partial charge in [-0.2, -0.15) is 5.26 Å².